The number of aromatic nitrogens is 1. The van der Waals surface area contributed by atoms with Crippen molar-refractivity contribution in [2.75, 3.05) is 45.1 Å². The van der Waals surface area contributed by atoms with Gasteiger partial charge < -0.3 is 10.2 Å². The number of aryl methyl sites for hydroxylation is 1. The average molecular weight is 290 g/mol. The van der Waals surface area contributed by atoms with Gasteiger partial charge in [0.15, 0.2) is 0 Å². The highest BCUT2D eigenvalue weighted by atomic mass is 16.2. The van der Waals surface area contributed by atoms with Crippen molar-refractivity contribution in [2.45, 2.75) is 20.8 Å². The predicted octanol–water partition coefficient (Wildman–Crippen LogP) is 1.85. The molecule has 21 heavy (non-hydrogen) atoms. The van der Waals surface area contributed by atoms with Crippen LogP contribution >= 0.6 is 0 Å². The molecule has 1 fully saturated rings. The fourth-order valence-electron chi connectivity index (χ4n) is 2.76. The van der Waals surface area contributed by atoms with Crippen LogP contribution in [-0.4, -0.2) is 60.5 Å². The molecule has 2 rings (SSSR count). The van der Waals surface area contributed by atoms with Gasteiger partial charge in [-0.1, -0.05) is 13.8 Å². The standard InChI is InChI=1S/C16H26N4O/c1-12(2)11-19-5-7-20(8-6-19)16(21)14-10-18-13(3)9-15(14)17-4/h9-10,12H,5-8,11H2,1-4H3,(H,17,18). The van der Waals surface area contributed by atoms with Gasteiger partial charge in [-0.05, 0) is 18.9 Å². The highest BCUT2D eigenvalue weighted by Gasteiger charge is 2.24. The van der Waals surface area contributed by atoms with Crippen LogP contribution in [0.1, 0.15) is 29.9 Å². The molecule has 0 saturated carbocycles. The van der Waals surface area contributed by atoms with E-state index in [1.165, 1.54) is 0 Å². The lowest BCUT2D eigenvalue weighted by atomic mass is 10.1. The lowest BCUT2D eigenvalue weighted by Gasteiger charge is -2.35. The van der Waals surface area contributed by atoms with Gasteiger partial charge in [0.1, 0.15) is 0 Å². The Balaban J connectivity index is 2.02. The minimum atomic E-state index is 0.0797. The molecule has 116 valence electrons. The Morgan fingerprint density at radius 3 is 2.57 bits per heavy atom. The second-order valence-electron chi connectivity index (χ2n) is 6.11. The number of nitrogens with zero attached hydrogens (tertiary/aromatic N) is 3. The lowest BCUT2D eigenvalue weighted by Crippen LogP contribution is -2.49. The zero-order valence-electron chi connectivity index (χ0n) is 13.5. The molecule has 1 aliphatic heterocycles. The van der Waals surface area contributed by atoms with E-state index in [0.29, 0.717) is 11.5 Å². The zero-order valence-corrected chi connectivity index (χ0v) is 13.5. The third-order valence-electron chi connectivity index (χ3n) is 3.82. The Bertz CT molecular complexity index is 493. The van der Waals surface area contributed by atoms with Gasteiger partial charge in [-0.3, -0.25) is 14.7 Å². The summed E-state index contributed by atoms with van der Waals surface area (Å²) in [6.45, 7) is 11.0. The lowest BCUT2D eigenvalue weighted by molar-refractivity contribution is 0.0624. The Morgan fingerprint density at radius 2 is 2.00 bits per heavy atom. The summed E-state index contributed by atoms with van der Waals surface area (Å²) in [5.74, 6) is 0.750. The summed E-state index contributed by atoms with van der Waals surface area (Å²) in [5.41, 5.74) is 2.44. The Hall–Kier alpha value is -1.62. The minimum Gasteiger partial charge on any atom is -0.387 e. The van der Waals surface area contributed by atoms with Crippen LogP contribution in [0.4, 0.5) is 5.69 Å². The summed E-state index contributed by atoms with van der Waals surface area (Å²) < 4.78 is 0. The van der Waals surface area contributed by atoms with E-state index in [0.717, 1.165) is 44.1 Å². The third-order valence-corrected chi connectivity index (χ3v) is 3.82. The first-order chi connectivity index (χ1) is 10.0. The fourth-order valence-corrected chi connectivity index (χ4v) is 2.76. The number of hydrogen-bond acceptors (Lipinski definition) is 4. The van der Waals surface area contributed by atoms with Crippen LogP contribution in [0, 0.1) is 12.8 Å². The Morgan fingerprint density at radius 1 is 1.33 bits per heavy atom. The number of carbonyl (C=O) groups excluding carboxylic acids is 1. The zero-order chi connectivity index (χ0) is 15.4. The number of nitrogens with one attached hydrogen (secondary N) is 1. The molecule has 5 nitrogen and oxygen atoms in total. The van der Waals surface area contributed by atoms with Crippen LogP contribution in [0.5, 0.6) is 0 Å². The molecule has 1 amide bonds. The minimum absolute atomic E-state index is 0.0797. The summed E-state index contributed by atoms with van der Waals surface area (Å²) in [7, 11) is 1.84. The van der Waals surface area contributed by atoms with Crippen molar-refractivity contribution < 1.29 is 4.79 Å². The van der Waals surface area contributed by atoms with E-state index in [-0.39, 0.29) is 5.91 Å². The SMILES string of the molecule is CNc1cc(C)ncc1C(=O)N1CCN(CC(C)C)CC1. The van der Waals surface area contributed by atoms with Gasteiger partial charge in [-0.2, -0.15) is 0 Å². The maximum atomic E-state index is 12.6. The van der Waals surface area contributed by atoms with E-state index >= 15 is 0 Å². The van der Waals surface area contributed by atoms with E-state index < -0.39 is 0 Å². The van der Waals surface area contributed by atoms with Gasteiger partial charge in [0.05, 0.1) is 11.3 Å². The van der Waals surface area contributed by atoms with E-state index in [1.807, 2.05) is 24.9 Å². The molecule has 1 aromatic heterocycles. The number of anilines is 1. The molecule has 0 radical (unpaired) electrons. The number of rotatable bonds is 4. The largest absolute Gasteiger partial charge is 0.387 e. The summed E-state index contributed by atoms with van der Waals surface area (Å²) in [5, 5.41) is 3.09. The van der Waals surface area contributed by atoms with Crippen LogP contribution in [0.3, 0.4) is 0 Å². The second kappa shape index (κ2) is 6.89. The second-order valence-corrected chi connectivity index (χ2v) is 6.11. The molecular formula is C16H26N4O. The monoisotopic (exact) mass is 290 g/mol. The average Bonchev–Trinajstić information content (AvgIpc) is 2.46. The van der Waals surface area contributed by atoms with Gasteiger partial charge in [0.25, 0.3) is 5.91 Å². The Kier molecular flexibility index (Phi) is 5.17. The molecule has 0 aromatic carbocycles. The molecule has 1 aromatic rings. The topological polar surface area (TPSA) is 48.5 Å². The highest BCUT2D eigenvalue weighted by Crippen LogP contribution is 2.18. The van der Waals surface area contributed by atoms with Crippen molar-refractivity contribution in [1.29, 1.82) is 0 Å². The fraction of sp³-hybridized carbons (Fsp3) is 0.625. The summed E-state index contributed by atoms with van der Waals surface area (Å²) in [6.07, 6.45) is 1.68. The molecule has 1 N–H and O–H groups in total. The molecule has 0 bridgehead atoms. The molecule has 1 aliphatic rings. The number of amides is 1. The molecule has 0 spiro atoms. The van der Waals surface area contributed by atoms with Crippen LogP contribution in [0.25, 0.3) is 0 Å². The quantitative estimate of drug-likeness (QED) is 0.919. The van der Waals surface area contributed by atoms with Crippen LogP contribution in [-0.2, 0) is 0 Å². The maximum absolute atomic E-state index is 12.6. The molecular weight excluding hydrogens is 264 g/mol. The first kappa shape index (κ1) is 15.8. The molecule has 0 atom stereocenters. The summed E-state index contributed by atoms with van der Waals surface area (Å²) in [4.78, 5) is 21.3. The van der Waals surface area contributed by atoms with Gasteiger partial charge in [-0.25, -0.2) is 0 Å². The van der Waals surface area contributed by atoms with Gasteiger partial charge in [-0.15, -0.1) is 0 Å². The van der Waals surface area contributed by atoms with Crippen LogP contribution in [0.15, 0.2) is 12.3 Å². The van der Waals surface area contributed by atoms with Gasteiger partial charge in [0.2, 0.25) is 0 Å². The normalized spacial score (nSPS) is 16.3. The number of hydrogen-bond donors (Lipinski definition) is 1. The van der Waals surface area contributed by atoms with Crippen molar-refractivity contribution in [3.8, 4) is 0 Å². The first-order valence-electron chi connectivity index (χ1n) is 7.67. The molecule has 0 unspecified atom stereocenters. The van der Waals surface area contributed by atoms with E-state index in [1.54, 1.807) is 6.20 Å². The highest BCUT2D eigenvalue weighted by molar-refractivity contribution is 5.99. The Labute approximate surface area is 127 Å². The van der Waals surface area contributed by atoms with Crippen molar-refractivity contribution >= 4 is 11.6 Å². The summed E-state index contributed by atoms with van der Waals surface area (Å²) >= 11 is 0. The maximum Gasteiger partial charge on any atom is 0.257 e. The number of carbonyl (C=O) groups is 1. The summed E-state index contributed by atoms with van der Waals surface area (Å²) in [6, 6.07) is 1.92. The van der Waals surface area contributed by atoms with Gasteiger partial charge >= 0.3 is 0 Å². The van der Waals surface area contributed by atoms with Crippen LogP contribution in [0.2, 0.25) is 0 Å². The van der Waals surface area contributed by atoms with Gasteiger partial charge in [0, 0.05) is 51.7 Å². The number of pyridine rings is 1. The van der Waals surface area contributed by atoms with E-state index in [4.69, 9.17) is 0 Å². The van der Waals surface area contributed by atoms with Crippen molar-refractivity contribution in [1.82, 2.24) is 14.8 Å². The number of piperazine rings is 1. The molecule has 5 heteroatoms. The smallest absolute Gasteiger partial charge is 0.257 e. The predicted molar refractivity (Wildman–Crippen MR) is 85.7 cm³/mol. The first-order valence-corrected chi connectivity index (χ1v) is 7.67. The van der Waals surface area contributed by atoms with E-state index in [9.17, 15) is 4.79 Å². The van der Waals surface area contributed by atoms with E-state index in [2.05, 4.69) is 29.0 Å². The molecule has 1 saturated heterocycles. The third kappa shape index (κ3) is 3.94. The van der Waals surface area contributed by atoms with Crippen LogP contribution < -0.4 is 5.32 Å². The van der Waals surface area contributed by atoms with Crippen molar-refractivity contribution in [3.05, 3.63) is 23.5 Å². The molecule has 0 aliphatic carbocycles. The molecule has 2 heterocycles. The van der Waals surface area contributed by atoms with Crippen molar-refractivity contribution in [3.63, 3.8) is 0 Å². The van der Waals surface area contributed by atoms with Crippen molar-refractivity contribution in [2.24, 2.45) is 5.92 Å².